The largest absolute Gasteiger partial charge is 0.435 e. The third-order valence-electron chi connectivity index (χ3n) is 4.19. The van der Waals surface area contributed by atoms with Crippen molar-refractivity contribution >= 4 is 17.7 Å². The first kappa shape index (κ1) is 16.1. The van der Waals surface area contributed by atoms with Gasteiger partial charge in [0.25, 0.3) is 5.91 Å². The number of oxazole rings is 1. The standard InChI is InChI=1S/C16H22N4O2S/c1-4-14-17-10(2)15(22-14)16(21)20-7-5-12-11(9-20)13(19-18-12)6-8-23-3/h4-9H2,1-3H3,(H,18,19). The van der Waals surface area contributed by atoms with Gasteiger partial charge < -0.3 is 9.32 Å². The predicted octanol–water partition coefficient (Wildman–Crippen LogP) is 2.37. The van der Waals surface area contributed by atoms with Crippen LogP contribution >= 0.6 is 11.8 Å². The summed E-state index contributed by atoms with van der Waals surface area (Å²) >= 11 is 1.80. The van der Waals surface area contributed by atoms with E-state index in [9.17, 15) is 4.79 Å². The van der Waals surface area contributed by atoms with Gasteiger partial charge in [-0.2, -0.15) is 16.9 Å². The number of nitrogens with one attached hydrogen (secondary N) is 1. The monoisotopic (exact) mass is 334 g/mol. The number of H-pyrrole nitrogens is 1. The molecular formula is C16H22N4O2S. The number of carbonyl (C=O) groups is 1. The van der Waals surface area contributed by atoms with Crippen molar-refractivity contribution in [3.63, 3.8) is 0 Å². The van der Waals surface area contributed by atoms with Crippen LogP contribution in [0.3, 0.4) is 0 Å². The Morgan fingerprint density at radius 3 is 3.00 bits per heavy atom. The molecule has 6 nitrogen and oxygen atoms in total. The predicted molar refractivity (Wildman–Crippen MR) is 89.7 cm³/mol. The molecule has 2 aromatic rings. The zero-order chi connectivity index (χ0) is 16.4. The molecule has 0 aromatic carbocycles. The number of nitrogens with zero attached hydrogens (tertiary/aromatic N) is 3. The molecule has 3 rings (SSSR count). The second-order valence-electron chi connectivity index (χ2n) is 5.72. The highest BCUT2D eigenvalue weighted by Crippen LogP contribution is 2.24. The lowest BCUT2D eigenvalue weighted by atomic mass is 10.0. The molecule has 0 saturated heterocycles. The van der Waals surface area contributed by atoms with Gasteiger partial charge in [-0.1, -0.05) is 6.92 Å². The van der Waals surface area contributed by atoms with Gasteiger partial charge in [-0.25, -0.2) is 4.98 Å². The normalized spacial score (nSPS) is 14.1. The highest BCUT2D eigenvalue weighted by atomic mass is 32.2. The van der Waals surface area contributed by atoms with Crippen LogP contribution in [0.15, 0.2) is 4.42 Å². The number of aromatic nitrogens is 3. The maximum Gasteiger partial charge on any atom is 0.291 e. The zero-order valence-corrected chi connectivity index (χ0v) is 14.6. The Morgan fingerprint density at radius 2 is 2.30 bits per heavy atom. The minimum Gasteiger partial charge on any atom is -0.435 e. The summed E-state index contributed by atoms with van der Waals surface area (Å²) in [6, 6.07) is 0. The highest BCUT2D eigenvalue weighted by molar-refractivity contribution is 7.98. The lowest BCUT2D eigenvalue weighted by molar-refractivity contribution is 0.0698. The Morgan fingerprint density at radius 1 is 1.48 bits per heavy atom. The van der Waals surface area contributed by atoms with Crippen molar-refractivity contribution in [2.45, 2.75) is 39.7 Å². The molecule has 0 radical (unpaired) electrons. The van der Waals surface area contributed by atoms with Gasteiger partial charge in [0.1, 0.15) is 0 Å². The molecular weight excluding hydrogens is 312 g/mol. The van der Waals surface area contributed by atoms with E-state index < -0.39 is 0 Å². The van der Waals surface area contributed by atoms with Crippen molar-refractivity contribution in [3.05, 3.63) is 34.3 Å². The Labute approximate surface area is 140 Å². The van der Waals surface area contributed by atoms with Crippen LogP contribution in [0.25, 0.3) is 0 Å². The number of rotatable bonds is 5. The number of carbonyl (C=O) groups excluding carboxylic acids is 1. The minimum atomic E-state index is -0.0719. The molecule has 7 heteroatoms. The van der Waals surface area contributed by atoms with E-state index in [1.165, 1.54) is 5.56 Å². The van der Waals surface area contributed by atoms with Crippen LogP contribution in [0.2, 0.25) is 0 Å². The quantitative estimate of drug-likeness (QED) is 0.908. The average Bonchev–Trinajstić information content (AvgIpc) is 3.15. The van der Waals surface area contributed by atoms with E-state index in [4.69, 9.17) is 4.42 Å². The molecule has 0 spiro atoms. The van der Waals surface area contributed by atoms with E-state index in [0.29, 0.717) is 36.9 Å². The minimum absolute atomic E-state index is 0.0719. The zero-order valence-electron chi connectivity index (χ0n) is 13.8. The molecule has 0 aliphatic carbocycles. The van der Waals surface area contributed by atoms with Gasteiger partial charge >= 0.3 is 0 Å². The Bertz CT molecular complexity index is 707. The topological polar surface area (TPSA) is 75.0 Å². The molecule has 124 valence electrons. The van der Waals surface area contributed by atoms with Crippen LogP contribution in [-0.4, -0.2) is 44.5 Å². The Balaban J connectivity index is 1.79. The second-order valence-corrected chi connectivity index (χ2v) is 6.71. The molecule has 3 heterocycles. The number of aryl methyl sites for hydroxylation is 3. The molecule has 1 aliphatic rings. The first-order chi connectivity index (χ1) is 11.1. The summed E-state index contributed by atoms with van der Waals surface area (Å²) in [6.07, 6.45) is 4.52. The van der Waals surface area contributed by atoms with Crippen LogP contribution in [0, 0.1) is 6.92 Å². The van der Waals surface area contributed by atoms with Gasteiger partial charge in [-0.05, 0) is 18.9 Å². The van der Waals surface area contributed by atoms with Crippen molar-refractivity contribution in [1.29, 1.82) is 0 Å². The van der Waals surface area contributed by atoms with E-state index in [1.807, 2.05) is 18.7 Å². The van der Waals surface area contributed by atoms with Crippen LogP contribution in [-0.2, 0) is 25.8 Å². The molecule has 0 saturated carbocycles. The SMILES string of the molecule is CCc1nc(C)c(C(=O)N2CCc3[nH]nc(CCSC)c3C2)o1. The van der Waals surface area contributed by atoms with Crippen molar-refractivity contribution < 1.29 is 9.21 Å². The number of thioether (sulfide) groups is 1. The van der Waals surface area contributed by atoms with Crippen molar-refractivity contribution in [1.82, 2.24) is 20.1 Å². The fourth-order valence-corrected chi connectivity index (χ4v) is 3.28. The fourth-order valence-electron chi connectivity index (χ4n) is 2.88. The lowest BCUT2D eigenvalue weighted by Gasteiger charge is -2.26. The van der Waals surface area contributed by atoms with E-state index >= 15 is 0 Å². The molecule has 0 atom stereocenters. The van der Waals surface area contributed by atoms with Crippen LogP contribution in [0.1, 0.15) is 46.0 Å². The van der Waals surface area contributed by atoms with Gasteiger partial charge in [0, 0.05) is 43.6 Å². The summed E-state index contributed by atoms with van der Waals surface area (Å²) < 4.78 is 5.61. The molecule has 2 aromatic heterocycles. The number of hydrogen-bond acceptors (Lipinski definition) is 5. The van der Waals surface area contributed by atoms with Crippen molar-refractivity contribution in [2.24, 2.45) is 0 Å². The highest BCUT2D eigenvalue weighted by Gasteiger charge is 2.28. The smallest absolute Gasteiger partial charge is 0.291 e. The van der Waals surface area contributed by atoms with Crippen LogP contribution in [0.4, 0.5) is 0 Å². The maximum atomic E-state index is 12.8. The molecule has 1 amide bonds. The summed E-state index contributed by atoms with van der Waals surface area (Å²) in [6.45, 7) is 5.07. The summed E-state index contributed by atoms with van der Waals surface area (Å²) in [4.78, 5) is 18.9. The van der Waals surface area contributed by atoms with Gasteiger partial charge in [0.2, 0.25) is 5.76 Å². The summed E-state index contributed by atoms with van der Waals surface area (Å²) in [5.41, 5.74) is 4.09. The average molecular weight is 334 g/mol. The summed E-state index contributed by atoms with van der Waals surface area (Å²) in [5, 5.41) is 7.55. The van der Waals surface area contributed by atoms with E-state index in [1.54, 1.807) is 11.8 Å². The Kier molecular flexibility index (Phi) is 4.75. The third kappa shape index (κ3) is 3.15. The van der Waals surface area contributed by atoms with Crippen molar-refractivity contribution in [2.75, 3.05) is 18.6 Å². The third-order valence-corrected chi connectivity index (χ3v) is 4.80. The second kappa shape index (κ2) is 6.78. The van der Waals surface area contributed by atoms with Gasteiger partial charge in [0.15, 0.2) is 5.89 Å². The first-order valence-electron chi connectivity index (χ1n) is 7.93. The van der Waals surface area contributed by atoms with Crippen LogP contribution in [0.5, 0.6) is 0 Å². The fraction of sp³-hybridized carbons (Fsp3) is 0.562. The van der Waals surface area contributed by atoms with Crippen molar-refractivity contribution in [3.8, 4) is 0 Å². The summed E-state index contributed by atoms with van der Waals surface area (Å²) in [5.74, 6) is 1.95. The number of fused-ring (bicyclic) bond motifs is 1. The summed E-state index contributed by atoms with van der Waals surface area (Å²) in [7, 11) is 0. The number of hydrogen-bond donors (Lipinski definition) is 1. The number of aromatic amines is 1. The van der Waals surface area contributed by atoms with Gasteiger partial charge in [-0.3, -0.25) is 9.89 Å². The molecule has 0 unspecified atom stereocenters. The van der Waals surface area contributed by atoms with E-state index in [0.717, 1.165) is 30.0 Å². The van der Waals surface area contributed by atoms with E-state index in [2.05, 4.69) is 21.4 Å². The molecule has 23 heavy (non-hydrogen) atoms. The molecule has 1 aliphatic heterocycles. The van der Waals surface area contributed by atoms with Gasteiger partial charge in [-0.15, -0.1) is 0 Å². The first-order valence-corrected chi connectivity index (χ1v) is 9.32. The van der Waals surface area contributed by atoms with E-state index in [-0.39, 0.29) is 5.91 Å². The molecule has 0 bridgehead atoms. The maximum absolute atomic E-state index is 12.8. The Hall–Kier alpha value is -1.76. The lowest BCUT2D eigenvalue weighted by Crippen LogP contribution is -2.36. The number of amides is 1. The molecule has 1 N–H and O–H groups in total. The van der Waals surface area contributed by atoms with Gasteiger partial charge in [0.05, 0.1) is 11.4 Å². The van der Waals surface area contributed by atoms with Crippen LogP contribution < -0.4 is 0 Å². The molecule has 0 fully saturated rings.